The molecule has 8 nitrogen and oxygen atoms in total. The molecule has 1 aromatic heterocycles. The lowest BCUT2D eigenvalue weighted by atomic mass is 10.1. The molecule has 0 bridgehead atoms. The van der Waals surface area contributed by atoms with Crippen LogP contribution >= 0.6 is 11.8 Å². The number of amides is 1. The fourth-order valence-electron chi connectivity index (χ4n) is 4.13. The van der Waals surface area contributed by atoms with E-state index in [1.807, 2.05) is 49.4 Å². The molecule has 0 fully saturated rings. The highest BCUT2D eigenvalue weighted by molar-refractivity contribution is 7.99. The highest BCUT2D eigenvalue weighted by Crippen LogP contribution is 2.45. The predicted octanol–water partition coefficient (Wildman–Crippen LogP) is 4.95. The van der Waals surface area contributed by atoms with Gasteiger partial charge in [0, 0.05) is 37.3 Å². The molecule has 4 rings (SSSR count). The van der Waals surface area contributed by atoms with Crippen LogP contribution in [0.5, 0.6) is 11.6 Å². The monoisotopic (exact) mass is 479 g/mol. The summed E-state index contributed by atoms with van der Waals surface area (Å²) in [5, 5.41) is 9.22. The zero-order valence-electron chi connectivity index (χ0n) is 20.1. The van der Waals surface area contributed by atoms with Gasteiger partial charge in [0.05, 0.1) is 18.4 Å². The Morgan fingerprint density at radius 2 is 1.91 bits per heavy atom. The summed E-state index contributed by atoms with van der Waals surface area (Å²) in [6, 6.07) is 13.5. The van der Waals surface area contributed by atoms with Crippen molar-refractivity contribution >= 4 is 29.0 Å². The molecule has 1 aliphatic heterocycles. The quantitative estimate of drug-likeness (QED) is 0.441. The smallest absolute Gasteiger partial charge is 0.247 e. The molecule has 178 valence electrons. The van der Waals surface area contributed by atoms with Gasteiger partial charge in [0.1, 0.15) is 5.75 Å². The van der Waals surface area contributed by atoms with Gasteiger partial charge in [-0.3, -0.25) is 9.69 Å². The second-order valence-electron chi connectivity index (χ2n) is 7.66. The molecule has 2 aromatic carbocycles. The van der Waals surface area contributed by atoms with Gasteiger partial charge in [-0.25, -0.2) is 0 Å². The minimum atomic E-state index is -0.795. The number of rotatable bonds is 7. The molecule has 0 saturated carbocycles. The Balaban J connectivity index is 1.91. The number of nitrogens with zero attached hydrogens (tertiary/aromatic N) is 5. The van der Waals surface area contributed by atoms with E-state index in [9.17, 15) is 4.79 Å². The van der Waals surface area contributed by atoms with Gasteiger partial charge in [-0.1, -0.05) is 36.9 Å². The van der Waals surface area contributed by atoms with Crippen molar-refractivity contribution in [1.82, 2.24) is 15.2 Å². The molecule has 0 radical (unpaired) electrons. The molecule has 9 heteroatoms. The first-order valence-corrected chi connectivity index (χ1v) is 12.4. The summed E-state index contributed by atoms with van der Waals surface area (Å²) in [5.41, 5.74) is 3.69. The molecule has 34 heavy (non-hydrogen) atoms. The van der Waals surface area contributed by atoms with Crippen molar-refractivity contribution < 1.29 is 14.3 Å². The minimum absolute atomic E-state index is 0.170. The highest BCUT2D eigenvalue weighted by Gasteiger charge is 2.36. The van der Waals surface area contributed by atoms with E-state index in [0.29, 0.717) is 28.2 Å². The van der Waals surface area contributed by atoms with Crippen molar-refractivity contribution in [2.75, 3.05) is 35.8 Å². The number of ether oxygens (including phenoxy) is 2. The maximum atomic E-state index is 13.0. The Labute approximate surface area is 204 Å². The van der Waals surface area contributed by atoms with E-state index in [1.165, 1.54) is 18.7 Å². The second-order valence-corrected chi connectivity index (χ2v) is 8.89. The first-order chi connectivity index (χ1) is 16.5. The number of anilines is 2. The SMILES string of the molecule is CCSc1nnc2c(n1)OC(c1ccc(N(CC)CC)cc1OC)N(C(C)=O)c1ccccc1-2. The van der Waals surface area contributed by atoms with E-state index < -0.39 is 6.23 Å². The van der Waals surface area contributed by atoms with E-state index >= 15 is 0 Å². The Bertz CT molecular complexity index is 1180. The Hall–Kier alpha value is -3.33. The summed E-state index contributed by atoms with van der Waals surface area (Å²) in [5.74, 6) is 1.60. The van der Waals surface area contributed by atoms with Gasteiger partial charge in [-0.2, -0.15) is 4.98 Å². The summed E-state index contributed by atoms with van der Waals surface area (Å²) in [7, 11) is 1.63. The van der Waals surface area contributed by atoms with Crippen LogP contribution in [0.4, 0.5) is 11.4 Å². The number of methoxy groups -OCH3 is 1. The van der Waals surface area contributed by atoms with E-state index in [2.05, 4.69) is 33.9 Å². The Morgan fingerprint density at radius 1 is 1.15 bits per heavy atom. The average Bonchev–Trinajstić information content (AvgIpc) is 2.99. The Morgan fingerprint density at radius 3 is 2.59 bits per heavy atom. The van der Waals surface area contributed by atoms with Crippen LogP contribution in [-0.4, -0.2) is 47.0 Å². The third-order valence-electron chi connectivity index (χ3n) is 5.74. The zero-order chi connectivity index (χ0) is 24.2. The number of para-hydroxylation sites is 1. The highest BCUT2D eigenvalue weighted by atomic mass is 32.2. The Kier molecular flexibility index (Phi) is 7.21. The maximum absolute atomic E-state index is 13.0. The van der Waals surface area contributed by atoms with Gasteiger partial charge < -0.3 is 14.4 Å². The van der Waals surface area contributed by atoms with Crippen molar-refractivity contribution in [3.05, 3.63) is 48.0 Å². The first-order valence-electron chi connectivity index (χ1n) is 11.4. The molecule has 2 heterocycles. The van der Waals surface area contributed by atoms with E-state index in [1.54, 1.807) is 12.0 Å². The molecule has 0 spiro atoms. The van der Waals surface area contributed by atoms with E-state index in [4.69, 9.17) is 9.47 Å². The number of thioether (sulfide) groups is 1. The number of aromatic nitrogens is 3. The third-order valence-corrected chi connectivity index (χ3v) is 6.46. The zero-order valence-corrected chi connectivity index (χ0v) is 20.9. The molecule has 1 aliphatic rings. The molecule has 0 aliphatic carbocycles. The maximum Gasteiger partial charge on any atom is 0.247 e. The molecule has 0 saturated heterocycles. The number of hydrogen-bond donors (Lipinski definition) is 0. The number of hydrogen-bond acceptors (Lipinski definition) is 8. The van der Waals surface area contributed by atoms with Crippen molar-refractivity contribution in [2.24, 2.45) is 0 Å². The van der Waals surface area contributed by atoms with Gasteiger partial charge >= 0.3 is 0 Å². The lowest BCUT2D eigenvalue weighted by Crippen LogP contribution is -2.36. The number of carbonyl (C=O) groups is 1. The van der Waals surface area contributed by atoms with Gasteiger partial charge in [-0.15, -0.1) is 10.2 Å². The van der Waals surface area contributed by atoms with Crippen molar-refractivity contribution in [1.29, 1.82) is 0 Å². The van der Waals surface area contributed by atoms with Gasteiger partial charge in [0.15, 0.2) is 5.69 Å². The molecule has 1 atom stereocenters. The van der Waals surface area contributed by atoms with Crippen molar-refractivity contribution in [3.63, 3.8) is 0 Å². The fourth-order valence-corrected chi connectivity index (χ4v) is 4.64. The largest absolute Gasteiger partial charge is 0.496 e. The standard InChI is InChI=1S/C25H29N5O3S/c1-6-29(7-2)17-13-14-19(21(15-17)32-5)24-30(16(4)31)20-12-10-9-11-18(20)22-23(33-24)26-25(28-27-22)34-8-3/h9-15,24H,6-8H2,1-5H3. The summed E-state index contributed by atoms with van der Waals surface area (Å²) >= 11 is 1.48. The normalized spacial score (nSPS) is 14.5. The van der Waals surface area contributed by atoms with Crippen LogP contribution < -0.4 is 19.3 Å². The van der Waals surface area contributed by atoms with Crippen LogP contribution in [-0.2, 0) is 4.79 Å². The van der Waals surface area contributed by atoms with E-state index in [0.717, 1.165) is 35.7 Å². The third kappa shape index (κ3) is 4.40. The van der Waals surface area contributed by atoms with Gasteiger partial charge in [0.25, 0.3) is 0 Å². The topological polar surface area (TPSA) is 80.7 Å². The van der Waals surface area contributed by atoms with Crippen LogP contribution in [0.25, 0.3) is 11.3 Å². The average molecular weight is 480 g/mol. The molecule has 1 unspecified atom stereocenters. The lowest BCUT2D eigenvalue weighted by Gasteiger charge is -2.31. The summed E-state index contributed by atoms with van der Waals surface area (Å²) < 4.78 is 12.3. The van der Waals surface area contributed by atoms with Gasteiger partial charge in [-0.05, 0) is 37.8 Å². The summed E-state index contributed by atoms with van der Waals surface area (Å²) in [6.07, 6.45) is -0.795. The number of benzene rings is 2. The molecular formula is C25H29N5O3S. The van der Waals surface area contributed by atoms with E-state index in [-0.39, 0.29) is 5.91 Å². The summed E-state index contributed by atoms with van der Waals surface area (Å²) in [4.78, 5) is 21.5. The molecule has 3 aromatic rings. The van der Waals surface area contributed by atoms with Crippen LogP contribution in [0, 0.1) is 0 Å². The lowest BCUT2D eigenvalue weighted by molar-refractivity contribution is -0.118. The van der Waals surface area contributed by atoms with Crippen molar-refractivity contribution in [2.45, 2.75) is 39.1 Å². The predicted molar refractivity (Wildman–Crippen MR) is 135 cm³/mol. The van der Waals surface area contributed by atoms with Gasteiger partial charge in [0.2, 0.25) is 23.2 Å². The van der Waals surface area contributed by atoms with Crippen LogP contribution in [0.2, 0.25) is 0 Å². The van der Waals surface area contributed by atoms with Crippen LogP contribution in [0.1, 0.15) is 39.5 Å². The molecule has 0 N–H and O–H groups in total. The fraction of sp³-hybridized carbons (Fsp3) is 0.360. The second kappa shape index (κ2) is 10.3. The first kappa shape index (κ1) is 23.8. The number of carbonyl (C=O) groups excluding carboxylic acids is 1. The van der Waals surface area contributed by atoms with Crippen LogP contribution in [0.3, 0.4) is 0 Å². The molecule has 1 amide bonds. The van der Waals surface area contributed by atoms with Crippen molar-refractivity contribution in [3.8, 4) is 22.9 Å². The summed E-state index contributed by atoms with van der Waals surface area (Å²) in [6.45, 7) is 9.53. The van der Waals surface area contributed by atoms with Crippen LogP contribution in [0.15, 0.2) is 47.6 Å². The molecular weight excluding hydrogens is 450 g/mol. The number of fused-ring (bicyclic) bond motifs is 3. The minimum Gasteiger partial charge on any atom is -0.496 e.